The normalized spacial score (nSPS) is 30.5. The van der Waals surface area contributed by atoms with Crippen LogP contribution in [0, 0.1) is 0 Å². The first-order valence-corrected chi connectivity index (χ1v) is 11.8. The SMILES string of the molecule is CCCCC(=O)C(O)[C@H]1O[C@H](O)[C@H](NC(C)=O)[C@](O)(C(=O)CCCC)[C@@]1(O)C(=O)CCCC. The molecule has 5 N–H and O–H groups in total. The molecule has 10 heteroatoms. The van der Waals surface area contributed by atoms with E-state index in [0.717, 1.165) is 6.92 Å². The van der Waals surface area contributed by atoms with E-state index in [2.05, 4.69) is 5.32 Å². The monoisotopic (exact) mass is 473 g/mol. The van der Waals surface area contributed by atoms with Crippen molar-refractivity contribution >= 4 is 23.3 Å². The first kappa shape index (κ1) is 29.3. The van der Waals surface area contributed by atoms with Gasteiger partial charge in [0.05, 0.1) is 0 Å². The fourth-order valence-corrected chi connectivity index (χ4v) is 4.17. The van der Waals surface area contributed by atoms with Crippen molar-refractivity contribution in [1.82, 2.24) is 5.32 Å². The van der Waals surface area contributed by atoms with E-state index in [-0.39, 0.29) is 19.3 Å². The van der Waals surface area contributed by atoms with Gasteiger partial charge in [-0.3, -0.25) is 19.2 Å². The first-order chi connectivity index (χ1) is 15.4. The van der Waals surface area contributed by atoms with Crippen LogP contribution in [0.3, 0.4) is 0 Å². The van der Waals surface area contributed by atoms with Gasteiger partial charge in [-0.25, -0.2) is 0 Å². The Morgan fingerprint density at radius 2 is 1.33 bits per heavy atom. The third-order valence-electron chi connectivity index (χ3n) is 6.13. The molecule has 1 aliphatic rings. The van der Waals surface area contributed by atoms with Gasteiger partial charge in [0.15, 0.2) is 34.8 Å². The van der Waals surface area contributed by atoms with Gasteiger partial charge in [-0.1, -0.05) is 40.0 Å². The molecule has 1 saturated heterocycles. The number of nitrogens with one attached hydrogen (secondary N) is 1. The molecule has 0 aromatic heterocycles. The van der Waals surface area contributed by atoms with Crippen LogP contribution >= 0.6 is 0 Å². The molecule has 1 aliphatic heterocycles. The minimum absolute atomic E-state index is 0.0931. The van der Waals surface area contributed by atoms with E-state index in [9.17, 15) is 39.6 Å². The second-order valence-corrected chi connectivity index (χ2v) is 8.73. The van der Waals surface area contributed by atoms with Crippen LogP contribution in [0.2, 0.25) is 0 Å². The highest BCUT2D eigenvalue weighted by Gasteiger charge is 2.72. The van der Waals surface area contributed by atoms with E-state index in [1.807, 2.05) is 6.92 Å². The summed E-state index contributed by atoms with van der Waals surface area (Å²) in [6.45, 7) is 6.47. The maximum absolute atomic E-state index is 13.3. The number of rotatable bonds is 14. The summed E-state index contributed by atoms with van der Waals surface area (Å²) in [6, 6.07) is -1.90. The zero-order valence-corrected chi connectivity index (χ0v) is 20.0. The van der Waals surface area contributed by atoms with Gasteiger partial charge in [0.25, 0.3) is 0 Å². The van der Waals surface area contributed by atoms with E-state index in [1.165, 1.54) is 0 Å². The summed E-state index contributed by atoms with van der Waals surface area (Å²) in [5, 5.41) is 47.0. The van der Waals surface area contributed by atoms with Crippen molar-refractivity contribution < 1.29 is 44.3 Å². The number of amides is 1. The average Bonchev–Trinajstić information content (AvgIpc) is 2.78. The Hall–Kier alpha value is -1.72. The van der Waals surface area contributed by atoms with Crippen molar-refractivity contribution in [2.75, 3.05) is 0 Å². The number of ketones is 3. The largest absolute Gasteiger partial charge is 0.382 e. The van der Waals surface area contributed by atoms with Crippen LogP contribution in [0.5, 0.6) is 0 Å². The zero-order chi connectivity index (χ0) is 25.4. The van der Waals surface area contributed by atoms with Crippen LogP contribution in [0.1, 0.15) is 85.5 Å². The number of ether oxygens (including phenoxy) is 1. The first-order valence-electron chi connectivity index (χ1n) is 11.8. The minimum atomic E-state index is -3.08. The molecular formula is C23H39NO9. The van der Waals surface area contributed by atoms with Gasteiger partial charge in [0.2, 0.25) is 5.91 Å². The lowest BCUT2D eigenvalue weighted by Crippen LogP contribution is -2.83. The Balaban J connectivity index is 3.70. The van der Waals surface area contributed by atoms with Gasteiger partial charge >= 0.3 is 0 Å². The molecule has 1 fully saturated rings. The smallest absolute Gasteiger partial charge is 0.217 e. The zero-order valence-electron chi connectivity index (χ0n) is 20.0. The highest BCUT2D eigenvalue weighted by atomic mass is 16.6. The Morgan fingerprint density at radius 3 is 1.79 bits per heavy atom. The van der Waals surface area contributed by atoms with Crippen LogP contribution < -0.4 is 5.32 Å². The Kier molecular flexibility index (Phi) is 11.2. The lowest BCUT2D eigenvalue weighted by molar-refractivity contribution is -0.314. The Morgan fingerprint density at radius 1 is 0.879 bits per heavy atom. The predicted octanol–water partition coefficient (Wildman–Crippen LogP) is 0.309. The van der Waals surface area contributed by atoms with Gasteiger partial charge in [-0.05, 0) is 19.3 Å². The van der Waals surface area contributed by atoms with Crippen molar-refractivity contribution in [3.63, 3.8) is 0 Å². The third kappa shape index (κ3) is 6.05. The van der Waals surface area contributed by atoms with Crippen molar-refractivity contribution in [3.8, 4) is 0 Å². The molecular weight excluding hydrogens is 434 g/mol. The third-order valence-corrected chi connectivity index (χ3v) is 6.13. The van der Waals surface area contributed by atoms with Crippen molar-refractivity contribution in [1.29, 1.82) is 0 Å². The number of unbranched alkanes of at least 4 members (excludes halogenated alkanes) is 3. The molecule has 0 bridgehead atoms. The van der Waals surface area contributed by atoms with Crippen LogP contribution in [-0.2, 0) is 23.9 Å². The molecule has 33 heavy (non-hydrogen) atoms. The van der Waals surface area contributed by atoms with Crippen molar-refractivity contribution in [3.05, 3.63) is 0 Å². The van der Waals surface area contributed by atoms with E-state index in [4.69, 9.17) is 4.74 Å². The highest BCUT2D eigenvalue weighted by Crippen LogP contribution is 2.42. The van der Waals surface area contributed by atoms with Crippen molar-refractivity contribution in [2.24, 2.45) is 0 Å². The lowest BCUT2D eigenvalue weighted by Gasteiger charge is -2.55. The standard InChI is InChI=1S/C23H39NO9/c1-5-8-11-15(26)18(29)20-23(32,17(28)13-10-7-3)22(31,16(27)12-9-6-2)19(21(30)33-20)24-14(4)25/h18-21,29-32H,5-13H2,1-4H3,(H,24,25)/t18?,19-,20+,21-,22+,23+/m0/s1. The molecule has 1 rings (SSSR count). The fraction of sp³-hybridized carbons (Fsp3) is 0.826. The number of carbonyl (C=O) groups is 4. The van der Waals surface area contributed by atoms with Crippen LogP contribution in [-0.4, -0.2) is 79.4 Å². The summed E-state index contributed by atoms with van der Waals surface area (Å²) in [6.07, 6.45) is -4.19. The number of carbonyl (C=O) groups excluding carboxylic acids is 4. The quantitative estimate of drug-likeness (QED) is 0.238. The van der Waals surface area contributed by atoms with Gasteiger partial charge in [-0.15, -0.1) is 0 Å². The van der Waals surface area contributed by atoms with E-state index in [0.29, 0.717) is 38.5 Å². The molecule has 0 aliphatic carbocycles. The summed E-state index contributed by atoms with van der Waals surface area (Å²) in [7, 11) is 0. The number of aliphatic hydroxyl groups excluding tert-OH is 2. The van der Waals surface area contributed by atoms with Gasteiger partial charge < -0.3 is 30.5 Å². The number of aliphatic hydroxyl groups is 4. The minimum Gasteiger partial charge on any atom is -0.382 e. The molecule has 0 aromatic carbocycles. The molecule has 0 spiro atoms. The fourth-order valence-electron chi connectivity index (χ4n) is 4.17. The Labute approximate surface area is 194 Å². The summed E-state index contributed by atoms with van der Waals surface area (Å²) in [4.78, 5) is 51.0. The summed E-state index contributed by atoms with van der Waals surface area (Å²) in [5.74, 6) is -3.55. The van der Waals surface area contributed by atoms with Crippen LogP contribution in [0.4, 0.5) is 0 Å². The Bertz CT molecular complexity index is 712. The van der Waals surface area contributed by atoms with Gasteiger partial charge in [0.1, 0.15) is 18.2 Å². The lowest BCUT2D eigenvalue weighted by atomic mass is 9.64. The molecule has 1 amide bonds. The topological polar surface area (TPSA) is 170 Å². The number of hydrogen-bond acceptors (Lipinski definition) is 9. The summed E-state index contributed by atoms with van der Waals surface area (Å²) >= 11 is 0. The predicted molar refractivity (Wildman–Crippen MR) is 118 cm³/mol. The molecule has 1 heterocycles. The van der Waals surface area contributed by atoms with E-state index < -0.39 is 59.0 Å². The maximum Gasteiger partial charge on any atom is 0.217 e. The highest BCUT2D eigenvalue weighted by molar-refractivity contribution is 6.02. The van der Waals surface area contributed by atoms with Gasteiger partial charge in [0, 0.05) is 26.2 Å². The second-order valence-electron chi connectivity index (χ2n) is 8.73. The van der Waals surface area contributed by atoms with Crippen molar-refractivity contribution in [2.45, 2.75) is 121 Å². The van der Waals surface area contributed by atoms with Gasteiger partial charge in [-0.2, -0.15) is 0 Å². The molecule has 6 atom stereocenters. The molecule has 0 radical (unpaired) electrons. The number of Topliss-reactive ketones (excluding diaryl/α,β-unsaturated/α-hetero) is 3. The van der Waals surface area contributed by atoms with Crippen LogP contribution in [0.25, 0.3) is 0 Å². The molecule has 190 valence electrons. The molecule has 1 unspecified atom stereocenters. The molecule has 0 aromatic rings. The van der Waals surface area contributed by atoms with E-state index >= 15 is 0 Å². The molecule has 0 saturated carbocycles. The second kappa shape index (κ2) is 12.7. The summed E-state index contributed by atoms with van der Waals surface area (Å²) < 4.78 is 5.32. The molecule has 10 nitrogen and oxygen atoms in total. The average molecular weight is 474 g/mol. The summed E-state index contributed by atoms with van der Waals surface area (Å²) in [5.41, 5.74) is -6.12. The number of hydrogen-bond donors (Lipinski definition) is 5. The van der Waals surface area contributed by atoms with Crippen LogP contribution in [0.15, 0.2) is 0 Å². The maximum atomic E-state index is 13.3. The van der Waals surface area contributed by atoms with E-state index in [1.54, 1.807) is 13.8 Å².